The number of hydrogen-bond donors (Lipinski definition) is 0. The van der Waals surface area contributed by atoms with Crippen molar-refractivity contribution < 1.29 is 23.8 Å². The summed E-state index contributed by atoms with van der Waals surface area (Å²) in [5.74, 6) is -0.415. The van der Waals surface area contributed by atoms with Crippen LogP contribution in [0.3, 0.4) is 0 Å². The Labute approximate surface area is 397 Å². The fraction of sp³-hybridized carbons (Fsp3) is 0.763. The lowest BCUT2D eigenvalue weighted by atomic mass is 10.1. The van der Waals surface area contributed by atoms with Crippen molar-refractivity contribution in [1.82, 2.24) is 0 Å². The first-order chi connectivity index (χ1) is 31.6. The van der Waals surface area contributed by atoms with Gasteiger partial charge in [0, 0.05) is 19.4 Å². The number of rotatable bonds is 50. The smallest absolute Gasteiger partial charge is 0.306 e. The first kappa shape index (κ1) is 61.3. The standard InChI is InChI=1S/C59H104O5/c1-4-7-10-13-16-19-22-25-27-29-30-31-32-35-37-40-43-46-49-52-58(60)63-56-57(64-59(61)53-50-47-44-41-38-34-24-21-18-15-12-9-6-3)55-62-54-51-48-45-42-39-36-33-28-26-23-20-17-14-11-8-5-2/h8,11,16-17,19-21,24-28,57H,4-7,9-10,12-15,18,22-23,29-56H2,1-3H3/b11-8-,19-16-,20-17-,24-21-,27-25-,28-26-. The second-order valence-corrected chi connectivity index (χ2v) is 18.1. The van der Waals surface area contributed by atoms with E-state index in [1.165, 1.54) is 148 Å². The maximum Gasteiger partial charge on any atom is 0.306 e. The van der Waals surface area contributed by atoms with Gasteiger partial charge in [0.1, 0.15) is 6.61 Å². The summed E-state index contributed by atoms with van der Waals surface area (Å²) < 4.78 is 17.4. The van der Waals surface area contributed by atoms with E-state index in [1.54, 1.807) is 0 Å². The molecular formula is C59H104O5. The van der Waals surface area contributed by atoms with Crippen LogP contribution in [0.5, 0.6) is 0 Å². The van der Waals surface area contributed by atoms with Crippen molar-refractivity contribution in [3.05, 3.63) is 72.9 Å². The molecule has 0 spiro atoms. The van der Waals surface area contributed by atoms with Crippen LogP contribution in [0.25, 0.3) is 0 Å². The predicted molar refractivity (Wildman–Crippen MR) is 279 cm³/mol. The molecular weight excluding hydrogens is 789 g/mol. The van der Waals surface area contributed by atoms with Crippen molar-refractivity contribution in [2.45, 2.75) is 271 Å². The van der Waals surface area contributed by atoms with Crippen LogP contribution in [0, 0.1) is 0 Å². The zero-order valence-electron chi connectivity index (χ0n) is 42.5. The maximum absolute atomic E-state index is 12.8. The highest BCUT2D eigenvalue weighted by Gasteiger charge is 2.17. The van der Waals surface area contributed by atoms with Crippen molar-refractivity contribution >= 4 is 11.9 Å². The molecule has 0 aliphatic heterocycles. The van der Waals surface area contributed by atoms with Crippen molar-refractivity contribution in [1.29, 1.82) is 0 Å². The third-order valence-corrected chi connectivity index (χ3v) is 11.7. The van der Waals surface area contributed by atoms with Gasteiger partial charge in [0.2, 0.25) is 0 Å². The zero-order chi connectivity index (χ0) is 46.3. The second kappa shape index (κ2) is 54.7. The molecule has 0 aromatic rings. The largest absolute Gasteiger partial charge is 0.462 e. The van der Waals surface area contributed by atoms with Gasteiger partial charge in [-0.05, 0) is 109 Å². The summed E-state index contributed by atoms with van der Waals surface area (Å²) in [7, 11) is 0. The van der Waals surface area contributed by atoms with Gasteiger partial charge >= 0.3 is 11.9 Å². The fourth-order valence-electron chi connectivity index (χ4n) is 7.61. The molecule has 5 heteroatoms. The van der Waals surface area contributed by atoms with E-state index in [-0.39, 0.29) is 25.2 Å². The van der Waals surface area contributed by atoms with Gasteiger partial charge in [0.25, 0.3) is 0 Å². The van der Waals surface area contributed by atoms with E-state index in [4.69, 9.17) is 14.2 Å². The Kier molecular flexibility index (Phi) is 52.4. The van der Waals surface area contributed by atoms with Gasteiger partial charge in [-0.1, -0.05) is 216 Å². The highest BCUT2D eigenvalue weighted by atomic mass is 16.6. The minimum Gasteiger partial charge on any atom is -0.462 e. The van der Waals surface area contributed by atoms with E-state index in [0.29, 0.717) is 19.4 Å². The minimum atomic E-state index is -0.551. The van der Waals surface area contributed by atoms with Crippen molar-refractivity contribution in [3.63, 3.8) is 0 Å². The van der Waals surface area contributed by atoms with Crippen LogP contribution in [0.4, 0.5) is 0 Å². The van der Waals surface area contributed by atoms with Crippen LogP contribution in [0.2, 0.25) is 0 Å². The van der Waals surface area contributed by atoms with Crippen LogP contribution in [0.1, 0.15) is 265 Å². The Morgan fingerprint density at radius 1 is 0.359 bits per heavy atom. The molecule has 1 atom stereocenters. The highest BCUT2D eigenvalue weighted by molar-refractivity contribution is 5.70. The Morgan fingerprint density at radius 3 is 1.17 bits per heavy atom. The molecule has 0 amide bonds. The third kappa shape index (κ3) is 52.0. The lowest BCUT2D eigenvalue weighted by molar-refractivity contribution is -0.163. The van der Waals surface area contributed by atoms with Crippen molar-refractivity contribution in [2.24, 2.45) is 0 Å². The molecule has 0 bridgehead atoms. The summed E-state index contributed by atoms with van der Waals surface area (Å²) in [5, 5.41) is 0. The molecule has 0 aromatic carbocycles. The minimum absolute atomic E-state index is 0.0731. The van der Waals surface area contributed by atoms with Gasteiger partial charge in [-0.3, -0.25) is 9.59 Å². The van der Waals surface area contributed by atoms with E-state index in [0.717, 1.165) is 83.5 Å². The van der Waals surface area contributed by atoms with Gasteiger partial charge in [-0.2, -0.15) is 0 Å². The van der Waals surface area contributed by atoms with E-state index in [1.807, 2.05) is 0 Å². The Hall–Kier alpha value is -2.66. The van der Waals surface area contributed by atoms with Gasteiger partial charge in [-0.15, -0.1) is 0 Å². The second-order valence-electron chi connectivity index (χ2n) is 18.1. The number of carbonyl (C=O) groups excluding carboxylic acids is 2. The fourth-order valence-corrected chi connectivity index (χ4v) is 7.61. The highest BCUT2D eigenvalue weighted by Crippen LogP contribution is 2.14. The van der Waals surface area contributed by atoms with Crippen LogP contribution in [-0.2, 0) is 23.8 Å². The van der Waals surface area contributed by atoms with E-state index < -0.39 is 6.10 Å². The average Bonchev–Trinajstić information content (AvgIpc) is 3.30. The molecule has 0 aliphatic carbocycles. The van der Waals surface area contributed by atoms with Gasteiger partial charge in [0.15, 0.2) is 6.10 Å². The van der Waals surface area contributed by atoms with E-state index in [9.17, 15) is 9.59 Å². The molecule has 5 nitrogen and oxygen atoms in total. The summed E-state index contributed by atoms with van der Waals surface area (Å²) in [6.45, 7) is 7.66. The summed E-state index contributed by atoms with van der Waals surface area (Å²) in [6.07, 6.45) is 70.5. The van der Waals surface area contributed by atoms with E-state index in [2.05, 4.69) is 93.7 Å². The monoisotopic (exact) mass is 893 g/mol. The topological polar surface area (TPSA) is 61.8 Å². The number of ether oxygens (including phenoxy) is 3. The number of unbranched alkanes of at least 4 members (excludes halogenated alkanes) is 27. The summed E-state index contributed by atoms with van der Waals surface area (Å²) in [6, 6.07) is 0. The molecule has 0 fully saturated rings. The summed E-state index contributed by atoms with van der Waals surface area (Å²) >= 11 is 0. The van der Waals surface area contributed by atoms with Gasteiger partial charge in [0.05, 0.1) is 6.61 Å². The van der Waals surface area contributed by atoms with Crippen molar-refractivity contribution in [3.8, 4) is 0 Å². The number of carbonyl (C=O) groups is 2. The Morgan fingerprint density at radius 2 is 0.703 bits per heavy atom. The third-order valence-electron chi connectivity index (χ3n) is 11.7. The summed E-state index contributed by atoms with van der Waals surface area (Å²) in [4.78, 5) is 25.5. The first-order valence-electron chi connectivity index (χ1n) is 27.5. The molecule has 0 saturated carbocycles. The number of esters is 2. The molecule has 0 saturated heterocycles. The van der Waals surface area contributed by atoms with Crippen LogP contribution in [-0.4, -0.2) is 37.9 Å². The molecule has 0 N–H and O–H groups in total. The molecule has 1 unspecified atom stereocenters. The molecule has 0 radical (unpaired) electrons. The maximum atomic E-state index is 12.8. The number of allylic oxidation sites excluding steroid dienone is 12. The number of hydrogen-bond acceptors (Lipinski definition) is 5. The normalized spacial score (nSPS) is 12.7. The molecule has 64 heavy (non-hydrogen) atoms. The molecule has 0 rings (SSSR count). The Balaban J connectivity index is 4.27. The quantitative estimate of drug-likeness (QED) is 0.0346. The lowest BCUT2D eigenvalue weighted by Gasteiger charge is -2.18. The molecule has 0 heterocycles. The van der Waals surface area contributed by atoms with Crippen LogP contribution < -0.4 is 0 Å². The SMILES string of the molecule is CC/C=C\C/C=C\C/C=C\CCCCCCCCOCC(COC(=O)CCCCCCCCCCC/C=C\C/C=C\CCCCC)OC(=O)CCCCCCC/C=C\CCCCCC. The molecule has 0 aromatic heterocycles. The summed E-state index contributed by atoms with van der Waals surface area (Å²) in [5.41, 5.74) is 0. The molecule has 370 valence electrons. The van der Waals surface area contributed by atoms with Crippen LogP contribution >= 0.6 is 0 Å². The van der Waals surface area contributed by atoms with Crippen LogP contribution in [0.15, 0.2) is 72.9 Å². The van der Waals surface area contributed by atoms with Gasteiger partial charge < -0.3 is 14.2 Å². The van der Waals surface area contributed by atoms with Crippen molar-refractivity contribution in [2.75, 3.05) is 19.8 Å². The zero-order valence-corrected chi connectivity index (χ0v) is 42.5. The average molecular weight is 893 g/mol. The van der Waals surface area contributed by atoms with Gasteiger partial charge in [-0.25, -0.2) is 0 Å². The first-order valence-corrected chi connectivity index (χ1v) is 27.5. The van der Waals surface area contributed by atoms with E-state index >= 15 is 0 Å². The molecule has 0 aliphatic rings. The predicted octanol–water partition coefficient (Wildman–Crippen LogP) is 18.7. The Bertz CT molecular complexity index is 1150. The lowest BCUT2D eigenvalue weighted by Crippen LogP contribution is -2.30.